The lowest BCUT2D eigenvalue weighted by Crippen LogP contribution is -2.51. The summed E-state index contributed by atoms with van der Waals surface area (Å²) >= 11 is 0. The van der Waals surface area contributed by atoms with Gasteiger partial charge in [-0.15, -0.1) is 0 Å². The van der Waals surface area contributed by atoms with Crippen molar-refractivity contribution in [2.24, 2.45) is 0 Å². The number of aromatic nitrogens is 1. The molecule has 1 aliphatic carbocycles. The number of piperazine rings is 1. The lowest BCUT2D eigenvalue weighted by atomic mass is 10.1. The van der Waals surface area contributed by atoms with Crippen LogP contribution in [0.25, 0.3) is 0 Å². The van der Waals surface area contributed by atoms with Crippen molar-refractivity contribution in [2.75, 3.05) is 49.5 Å². The van der Waals surface area contributed by atoms with Crippen LogP contribution in [0.2, 0.25) is 0 Å². The van der Waals surface area contributed by atoms with E-state index < -0.39 is 0 Å². The fourth-order valence-corrected chi connectivity index (χ4v) is 6.12. The molecule has 0 unspecified atom stereocenters. The van der Waals surface area contributed by atoms with Crippen LogP contribution in [-0.4, -0.2) is 77.8 Å². The van der Waals surface area contributed by atoms with Gasteiger partial charge in [-0.25, -0.2) is 4.98 Å². The first kappa shape index (κ1) is 29.9. The lowest BCUT2D eigenvalue weighted by molar-refractivity contribution is -0.127. The molecule has 2 aliphatic heterocycles. The molecule has 0 spiro atoms. The van der Waals surface area contributed by atoms with Gasteiger partial charge in [-0.2, -0.15) is 0 Å². The fourth-order valence-electron chi connectivity index (χ4n) is 6.12. The van der Waals surface area contributed by atoms with E-state index >= 15 is 0 Å². The molecule has 3 aliphatic rings. The SMILES string of the molecule is Cc1ccccc1CN1CCN(c2ccc(C(=O)NCCCN3CCCC3=O)cc2NC(=O)c2coc(C3CC3)n2)C[C@@H]1C. The summed E-state index contributed by atoms with van der Waals surface area (Å²) in [6.45, 7) is 9.63. The normalized spacial score (nSPS) is 19.0. The van der Waals surface area contributed by atoms with E-state index in [0.29, 0.717) is 49.0 Å². The van der Waals surface area contributed by atoms with Gasteiger partial charge < -0.3 is 24.9 Å². The van der Waals surface area contributed by atoms with Crippen LogP contribution in [0.3, 0.4) is 0 Å². The van der Waals surface area contributed by atoms with Crippen LogP contribution in [0.4, 0.5) is 11.4 Å². The molecule has 3 heterocycles. The van der Waals surface area contributed by atoms with E-state index in [1.54, 1.807) is 6.07 Å². The summed E-state index contributed by atoms with van der Waals surface area (Å²) < 4.78 is 5.56. The number of oxazole rings is 1. The molecule has 44 heavy (non-hydrogen) atoms. The number of likely N-dealkylation sites (tertiary alicyclic amines) is 1. The zero-order valence-electron chi connectivity index (χ0n) is 25.7. The number of anilines is 2. The van der Waals surface area contributed by atoms with E-state index in [2.05, 4.69) is 63.5 Å². The number of nitrogens with one attached hydrogen (secondary N) is 2. The number of hydrogen-bond acceptors (Lipinski definition) is 7. The van der Waals surface area contributed by atoms with Crippen LogP contribution >= 0.6 is 0 Å². The molecule has 0 radical (unpaired) electrons. The van der Waals surface area contributed by atoms with Crippen molar-refractivity contribution in [3.8, 4) is 0 Å². The number of aryl methyl sites for hydroxylation is 1. The molecule has 10 nitrogen and oxygen atoms in total. The van der Waals surface area contributed by atoms with Crippen molar-refractivity contribution < 1.29 is 18.8 Å². The van der Waals surface area contributed by atoms with Gasteiger partial charge in [0.2, 0.25) is 5.91 Å². The third kappa shape index (κ3) is 6.96. The first-order chi connectivity index (χ1) is 21.4. The first-order valence-electron chi connectivity index (χ1n) is 15.9. The van der Waals surface area contributed by atoms with Crippen molar-refractivity contribution >= 4 is 29.1 Å². The monoisotopic (exact) mass is 598 g/mol. The minimum atomic E-state index is -0.360. The van der Waals surface area contributed by atoms with Crippen molar-refractivity contribution in [3.05, 3.63) is 77.0 Å². The van der Waals surface area contributed by atoms with Crippen LogP contribution in [0.5, 0.6) is 0 Å². The van der Waals surface area contributed by atoms with Gasteiger partial charge in [0.1, 0.15) is 6.26 Å². The smallest absolute Gasteiger partial charge is 0.277 e. The highest BCUT2D eigenvalue weighted by molar-refractivity contribution is 6.06. The maximum atomic E-state index is 13.3. The van der Waals surface area contributed by atoms with E-state index in [0.717, 1.165) is 57.7 Å². The van der Waals surface area contributed by atoms with Crippen molar-refractivity contribution in [1.29, 1.82) is 0 Å². The highest BCUT2D eigenvalue weighted by Gasteiger charge is 2.30. The molecule has 2 N–H and O–H groups in total. The molecule has 1 atom stereocenters. The number of nitrogens with zero attached hydrogens (tertiary/aromatic N) is 4. The summed E-state index contributed by atoms with van der Waals surface area (Å²) in [4.78, 5) is 49.4. The summed E-state index contributed by atoms with van der Waals surface area (Å²) in [6, 6.07) is 14.3. The summed E-state index contributed by atoms with van der Waals surface area (Å²) in [6.07, 6.45) is 5.69. The molecule has 1 saturated carbocycles. The molecule has 0 bridgehead atoms. The number of benzene rings is 2. The van der Waals surface area contributed by atoms with Crippen LogP contribution < -0.4 is 15.5 Å². The van der Waals surface area contributed by atoms with Crippen molar-refractivity contribution in [1.82, 2.24) is 20.1 Å². The second-order valence-electron chi connectivity index (χ2n) is 12.3. The van der Waals surface area contributed by atoms with Crippen molar-refractivity contribution in [3.63, 3.8) is 0 Å². The molecule has 2 saturated heterocycles. The lowest BCUT2D eigenvalue weighted by Gasteiger charge is -2.41. The van der Waals surface area contributed by atoms with Gasteiger partial charge in [0.25, 0.3) is 11.8 Å². The third-order valence-electron chi connectivity index (χ3n) is 8.99. The van der Waals surface area contributed by atoms with Crippen LogP contribution in [0, 0.1) is 6.92 Å². The molecule has 6 rings (SSSR count). The molecular weight excluding hydrogens is 556 g/mol. The summed E-state index contributed by atoms with van der Waals surface area (Å²) in [5.74, 6) is 0.529. The highest BCUT2D eigenvalue weighted by Crippen LogP contribution is 2.39. The predicted octanol–water partition coefficient (Wildman–Crippen LogP) is 4.57. The van der Waals surface area contributed by atoms with Crippen molar-refractivity contribution in [2.45, 2.75) is 64.5 Å². The minimum Gasteiger partial charge on any atom is -0.448 e. The Morgan fingerprint density at radius 2 is 1.91 bits per heavy atom. The maximum absolute atomic E-state index is 13.3. The zero-order valence-corrected chi connectivity index (χ0v) is 25.7. The highest BCUT2D eigenvalue weighted by atomic mass is 16.3. The largest absolute Gasteiger partial charge is 0.448 e. The van der Waals surface area contributed by atoms with Gasteiger partial charge in [-0.1, -0.05) is 24.3 Å². The second kappa shape index (κ2) is 13.2. The summed E-state index contributed by atoms with van der Waals surface area (Å²) in [7, 11) is 0. The molecular formula is C34H42N6O4. The van der Waals surface area contributed by atoms with Gasteiger partial charge >= 0.3 is 0 Å². The summed E-state index contributed by atoms with van der Waals surface area (Å²) in [5.41, 5.74) is 4.77. The number of hydrogen-bond donors (Lipinski definition) is 2. The standard InChI is InChI=1S/C34H42N6O4/c1-23-7-3-4-8-27(23)21-39-17-18-40(20-24(39)2)30-13-12-26(32(42)35-14-6-16-38-15-5-9-31(38)41)19-28(30)36-33(43)29-22-44-34(37-29)25-10-11-25/h3-4,7-8,12-13,19,22,24-25H,5-6,9-11,14-18,20-21H2,1-2H3,(H,35,42)(H,36,43)/t24-/m0/s1. The van der Waals surface area contributed by atoms with Gasteiger partial charge in [0, 0.05) is 69.8 Å². The second-order valence-corrected chi connectivity index (χ2v) is 12.3. The van der Waals surface area contributed by atoms with Gasteiger partial charge in [0.05, 0.1) is 11.4 Å². The van der Waals surface area contributed by atoms with Crippen LogP contribution in [0.1, 0.15) is 82.8 Å². The zero-order chi connectivity index (χ0) is 30.6. The molecule has 3 amide bonds. The molecule has 10 heteroatoms. The Kier molecular flexibility index (Phi) is 8.97. The topological polar surface area (TPSA) is 111 Å². The van der Waals surface area contributed by atoms with E-state index in [9.17, 15) is 14.4 Å². The average Bonchev–Trinajstić information content (AvgIpc) is 3.60. The number of carbonyl (C=O) groups excluding carboxylic acids is 3. The van der Waals surface area contributed by atoms with Crippen LogP contribution in [-0.2, 0) is 11.3 Å². The Bertz CT molecular complexity index is 1510. The first-order valence-corrected chi connectivity index (χ1v) is 15.9. The molecule has 3 aromatic rings. The Hall–Kier alpha value is -4.18. The van der Waals surface area contributed by atoms with Crippen LogP contribution in [0.15, 0.2) is 53.1 Å². The van der Waals surface area contributed by atoms with Gasteiger partial charge in [-0.3, -0.25) is 19.3 Å². The number of rotatable bonds is 11. The minimum absolute atomic E-state index is 0.189. The predicted molar refractivity (Wildman–Crippen MR) is 169 cm³/mol. The van der Waals surface area contributed by atoms with E-state index in [-0.39, 0.29) is 29.5 Å². The molecule has 232 valence electrons. The Balaban J connectivity index is 1.15. The van der Waals surface area contributed by atoms with Gasteiger partial charge in [0.15, 0.2) is 11.6 Å². The van der Waals surface area contributed by atoms with E-state index in [1.807, 2.05) is 17.0 Å². The Labute approximate surface area is 258 Å². The molecule has 3 fully saturated rings. The summed E-state index contributed by atoms with van der Waals surface area (Å²) in [5, 5.41) is 6.01. The van der Waals surface area contributed by atoms with Gasteiger partial charge in [-0.05, 0) is 68.9 Å². The Morgan fingerprint density at radius 3 is 2.66 bits per heavy atom. The fraction of sp³-hybridized carbons (Fsp3) is 0.471. The third-order valence-corrected chi connectivity index (χ3v) is 8.99. The average molecular weight is 599 g/mol. The number of amides is 3. The van der Waals surface area contributed by atoms with E-state index in [1.165, 1.54) is 17.4 Å². The Morgan fingerprint density at radius 1 is 1.07 bits per heavy atom. The maximum Gasteiger partial charge on any atom is 0.277 e. The molecule has 2 aromatic carbocycles. The van der Waals surface area contributed by atoms with E-state index in [4.69, 9.17) is 4.42 Å². The number of carbonyl (C=O) groups is 3. The quantitative estimate of drug-likeness (QED) is 0.311. The molecule has 1 aromatic heterocycles.